The molecular weight excluding hydrogens is 194 g/mol. The highest BCUT2D eigenvalue weighted by Crippen LogP contribution is 2.14. The number of benzene rings is 1. The molecule has 0 bridgehead atoms. The quantitative estimate of drug-likeness (QED) is 0.751. The van der Waals surface area contributed by atoms with Gasteiger partial charge >= 0.3 is 0 Å². The van der Waals surface area contributed by atoms with E-state index in [9.17, 15) is 4.79 Å². The van der Waals surface area contributed by atoms with Crippen molar-refractivity contribution in [3.8, 4) is 6.07 Å². The zero-order valence-corrected chi connectivity index (χ0v) is 7.69. The minimum absolute atomic E-state index is 0.156. The first-order valence-corrected chi connectivity index (χ1v) is 4.27. The number of hydrogen-bond acceptors (Lipinski definition) is 4. The molecule has 0 fully saturated rings. The number of nitrogens with zero attached hydrogens (tertiary/aromatic N) is 3. The van der Waals surface area contributed by atoms with Crippen LogP contribution in [0.4, 0.5) is 5.69 Å². The molecule has 0 unspecified atom stereocenters. The van der Waals surface area contributed by atoms with Gasteiger partial charge in [-0.3, -0.25) is 4.79 Å². The summed E-state index contributed by atoms with van der Waals surface area (Å²) in [4.78, 5) is 11.1. The Bertz CT molecular complexity index is 539. The summed E-state index contributed by atoms with van der Waals surface area (Å²) < 4.78 is 0. The predicted octanol–water partition coefficient (Wildman–Crippen LogP) is 0.810. The Hall–Kier alpha value is -2.42. The summed E-state index contributed by atoms with van der Waals surface area (Å²) in [6.45, 7) is 0. The zero-order valence-electron chi connectivity index (χ0n) is 7.69. The lowest BCUT2D eigenvalue weighted by atomic mass is 10.2. The number of nitriles is 1. The summed E-state index contributed by atoms with van der Waals surface area (Å²) >= 11 is 0. The van der Waals surface area contributed by atoms with Crippen molar-refractivity contribution < 1.29 is 4.79 Å². The summed E-state index contributed by atoms with van der Waals surface area (Å²) in [6.07, 6.45) is -0.156. The maximum absolute atomic E-state index is 11.1. The number of anilines is 1. The Morgan fingerprint density at radius 1 is 1.47 bits per heavy atom. The summed E-state index contributed by atoms with van der Waals surface area (Å²) in [5.41, 5.74) is 2.01. The molecule has 1 aromatic heterocycles. The van der Waals surface area contributed by atoms with Crippen LogP contribution in [0.5, 0.6) is 0 Å². The number of carbonyl (C=O) groups is 1. The van der Waals surface area contributed by atoms with Crippen molar-refractivity contribution in [3.63, 3.8) is 0 Å². The second-order valence-corrected chi connectivity index (χ2v) is 2.91. The van der Waals surface area contributed by atoms with E-state index >= 15 is 0 Å². The minimum atomic E-state index is -0.333. The van der Waals surface area contributed by atoms with E-state index in [1.54, 1.807) is 24.3 Å². The molecule has 74 valence electrons. The van der Waals surface area contributed by atoms with Gasteiger partial charge in [-0.2, -0.15) is 20.7 Å². The zero-order chi connectivity index (χ0) is 10.7. The van der Waals surface area contributed by atoms with Gasteiger partial charge in [-0.1, -0.05) is 0 Å². The van der Waals surface area contributed by atoms with Gasteiger partial charge in [0, 0.05) is 5.69 Å². The smallest absolute Gasteiger partial charge is 0.238 e. The molecule has 1 aromatic carbocycles. The molecule has 1 heterocycles. The summed E-state index contributed by atoms with van der Waals surface area (Å²) in [7, 11) is 0. The number of fused-ring (bicyclic) bond motifs is 1. The Balaban J connectivity index is 2.22. The molecule has 0 saturated carbocycles. The molecule has 6 nitrogen and oxygen atoms in total. The van der Waals surface area contributed by atoms with E-state index in [0.717, 1.165) is 5.52 Å². The lowest BCUT2D eigenvalue weighted by Crippen LogP contribution is -2.09. The van der Waals surface area contributed by atoms with E-state index in [4.69, 9.17) is 5.26 Å². The maximum Gasteiger partial charge on any atom is 0.238 e. The lowest BCUT2D eigenvalue weighted by molar-refractivity contribution is -0.115. The normalized spacial score (nSPS) is 9.80. The largest absolute Gasteiger partial charge is 0.325 e. The van der Waals surface area contributed by atoms with Crippen molar-refractivity contribution in [1.82, 2.24) is 15.4 Å². The Kier molecular flexibility index (Phi) is 2.29. The molecule has 2 rings (SSSR count). The molecular formula is C9H7N5O. The van der Waals surface area contributed by atoms with Crippen LogP contribution in [0, 0.1) is 11.3 Å². The molecule has 2 aromatic rings. The van der Waals surface area contributed by atoms with Crippen LogP contribution < -0.4 is 5.32 Å². The van der Waals surface area contributed by atoms with Gasteiger partial charge < -0.3 is 5.32 Å². The Morgan fingerprint density at radius 2 is 2.27 bits per heavy atom. The lowest BCUT2D eigenvalue weighted by Gasteiger charge is -2.00. The van der Waals surface area contributed by atoms with Gasteiger partial charge in [-0.25, -0.2) is 0 Å². The second kappa shape index (κ2) is 3.75. The SMILES string of the molecule is N#CCC(=O)Nc1ccc2n[nH]nc2c1. The van der Waals surface area contributed by atoms with Gasteiger partial charge in [0.15, 0.2) is 0 Å². The molecule has 15 heavy (non-hydrogen) atoms. The first-order chi connectivity index (χ1) is 7.29. The van der Waals surface area contributed by atoms with Crippen molar-refractivity contribution in [3.05, 3.63) is 18.2 Å². The second-order valence-electron chi connectivity index (χ2n) is 2.91. The number of H-pyrrole nitrogens is 1. The van der Waals surface area contributed by atoms with E-state index in [2.05, 4.69) is 20.7 Å². The third-order valence-corrected chi connectivity index (χ3v) is 1.84. The average Bonchev–Trinajstić information content (AvgIpc) is 2.65. The number of aromatic nitrogens is 3. The van der Waals surface area contributed by atoms with Gasteiger partial charge in [-0.05, 0) is 18.2 Å². The first-order valence-electron chi connectivity index (χ1n) is 4.27. The van der Waals surface area contributed by atoms with Crippen LogP contribution in [-0.4, -0.2) is 21.3 Å². The fraction of sp³-hybridized carbons (Fsp3) is 0.111. The summed E-state index contributed by atoms with van der Waals surface area (Å²) in [5, 5.41) is 21.1. The van der Waals surface area contributed by atoms with Crippen LogP contribution in [0.15, 0.2) is 18.2 Å². The van der Waals surface area contributed by atoms with Crippen molar-refractivity contribution in [1.29, 1.82) is 5.26 Å². The highest BCUT2D eigenvalue weighted by Gasteiger charge is 2.03. The number of carbonyl (C=O) groups excluding carboxylic acids is 1. The van der Waals surface area contributed by atoms with E-state index in [0.29, 0.717) is 11.2 Å². The topological polar surface area (TPSA) is 94.5 Å². The van der Waals surface area contributed by atoms with Gasteiger partial charge in [0.05, 0.1) is 6.07 Å². The molecule has 1 amide bonds. The predicted molar refractivity (Wildman–Crippen MR) is 52.7 cm³/mol. The van der Waals surface area contributed by atoms with E-state index < -0.39 is 0 Å². The number of hydrogen-bond donors (Lipinski definition) is 2. The van der Waals surface area contributed by atoms with Crippen LogP contribution in [0.2, 0.25) is 0 Å². The van der Waals surface area contributed by atoms with Crippen molar-refractivity contribution in [2.75, 3.05) is 5.32 Å². The van der Waals surface area contributed by atoms with Crippen molar-refractivity contribution in [2.45, 2.75) is 6.42 Å². The Labute approximate surface area is 84.9 Å². The van der Waals surface area contributed by atoms with Gasteiger partial charge in [0.25, 0.3) is 0 Å². The average molecular weight is 201 g/mol. The molecule has 0 aliphatic rings. The van der Waals surface area contributed by atoms with Crippen molar-refractivity contribution >= 4 is 22.6 Å². The summed E-state index contributed by atoms with van der Waals surface area (Å²) in [5.74, 6) is -0.333. The standard InChI is InChI=1S/C9H7N5O/c10-4-3-9(15)11-6-1-2-7-8(5-6)13-14-12-7/h1-2,5H,3H2,(H,11,15)(H,12,13,14). The fourth-order valence-corrected chi connectivity index (χ4v) is 1.20. The monoisotopic (exact) mass is 201 g/mol. The first kappa shape index (κ1) is 9.15. The van der Waals surface area contributed by atoms with Gasteiger partial charge in [0.2, 0.25) is 5.91 Å². The molecule has 0 spiro atoms. The van der Waals surface area contributed by atoms with E-state index in [-0.39, 0.29) is 12.3 Å². The van der Waals surface area contributed by atoms with E-state index in [1.165, 1.54) is 0 Å². The number of amides is 1. The third-order valence-electron chi connectivity index (χ3n) is 1.84. The van der Waals surface area contributed by atoms with Crippen LogP contribution in [-0.2, 0) is 4.79 Å². The maximum atomic E-state index is 11.1. The van der Waals surface area contributed by atoms with Crippen LogP contribution >= 0.6 is 0 Å². The number of nitrogens with one attached hydrogen (secondary N) is 2. The van der Waals surface area contributed by atoms with Crippen LogP contribution in [0.3, 0.4) is 0 Å². The fourth-order valence-electron chi connectivity index (χ4n) is 1.20. The van der Waals surface area contributed by atoms with Gasteiger partial charge in [-0.15, -0.1) is 0 Å². The van der Waals surface area contributed by atoms with Crippen LogP contribution in [0.1, 0.15) is 6.42 Å². The molecule has 0 atom stereocenters. The molecule has 0 aliphatic heterocycles. The van der Waals surface area contributed by atoms with E-state index in [1.807, 2.05) is 0 Å². The molecule has 0 aliphatic carbocycles. The molecule has 2 N–H and O–H groups in total. The van der Waals surface area contributed by atoms with Crippen LogP contribution in [0.25, 0.3) is 11.0 Å². The molecule has 6 heteroatoms. The van der Waals surface area contributed by atoms with Crippen molar-refractivity contribution in [2.24, 2.45) is 0 Å². The molecule has 0 radical (unpaired) electrons. The Morgan fingerprint density at radius 3 is 3.07 bits per heavy atom. The highest BCUT2D eigenvalue weighted by molar-refractivity contribution is 5.93. The number of aromatic amines is 1. The van der Waals surface area contributed by atoms with Gasteiger partial charge in [0.1, 0.15) is 17.5 Å². The highest BCUT2D eigenvalue weighted by atomic mass is 16.1. The molecule has 0 saturated heterocycles. The minimum Gasteiger partial charge on any atom is -0.325 e. The number of rotatable bonds is 2. The third kappa shape index (κ3) is 1.91. The summed E-state index contributed by atoms with van der Waals surface area (Å²) in [6, 6.07) is 6.91.